The van der Waals surface area contributed by atoms with Crippen molar-refractivity contribution in [3.63, 3.8) is 0 Å². The van der Waals surface area contributed by atoms with Gasteiger partial charge in [-0.05, 0) is 30.5 Å². The van der Waals surface area contributed by atoms with Crippen LogP contribution in [0.1, 0.15) is 27.7 Å². The molecular weight excluding hydrogens is 338 g/mol. The molecule has 3 aromatic rings. The van der Waals surface area contributed by atoms with Crippen LogP contribution in [0.5, 0.6) is 0 Å². The summed E-state index contributed by atoms with van der Waals surface area (Å²) in [6.45, 7) is 2.31. The first kappa shape index (κ1) is 16.7. The Balaban J connectivity index is 2.24. The number of hydrogen-bond acceptors (Lipinski definition) is 6. The highest BCUT2D eigenvalue weighted by molar-refractivity contribution is 7.09. The second-order valence-corrected chi connectivity index (χ2v) is 6.18. The Kier molecular flexibility index (Phi) is 4.82. The predicted molar refractivity (Wildman–Crippen MR) is 96.0 cm³/mol. The predicted octanol–water partition coefficient (Wildman–Crippen LogP) is 3.02. The van der Waals surface area contributed by atoms with Gasteiger partial charge in [-0.25, -0.2) is 4.79 Å². The van der Waals surface area contributed by atoms with Crippen LogP contribution in [0.15, 0.2) is 46.7 Å². The van der Waals surface area contributed by atoms with Crippen LogP contribution in [0, 0.1) is 11.3 Å². The number of hydrogen-bond donors (Lipinski definition) is 1. The van der Waals surface area contributed by atoms with Crippen LogP contribution < -0.4 is 10.9 Å². The van der Waals surface area contributed by atoms with Gasteiger partial charge in [0.05, 0.1) is 17.8 Å². The first-order valence-corrected chi connectivity index (χ1v) is 8.56. The van der Waals surface area contributed by atoms with Crippen molar-refractivity contribution in [2.24, 2.45) is 0 Å². The fourth-order valence-corrected chi connectivity index (χ4v) is 3.23. The van der Waals surface area contributed by atoms with E-state index in [2.05, 4.69) is 5.32 Å². The van der Waals surface area contributed by atoms with E-state index in [0.717, 1.165) is 4.88 Å². The maximum atomic E-state index is 12.6. The number of carbonyl (C=O) groups excluding carboxylic acids is 1. The van der Waals surface area contributed by atoms with Crippen molar-refractivity contribution in [1.82, 2.24) is 4.40 Å². The van der Waals surface area contributed by atoms with Crippen LogP contribution in [0.4, 0.5) is 5.69 Å². The third-order valence-corrected chi connectivity index (χ3v) is 4.54. The van der Waals surface area contributed by atoms with Crippen LogP contribution in [0.2, 0.25) is 0 Å². The van der Waals surface area contributed by atoms with Gasteiger partial charge in [0.1, 0.15) is 17.2 Å². The molecule has 0 fully saturated rings. The molecule has 3 aromatic heterocycles. The summed E-state index contributed by atoms with van der Waals surface area (Å²) in [6, 6.07) is 10.8. The molecule has 0 saturated heterocycles. The first-order valence-electron chi connectivity index (χ1n) is 7.68. The number of esters is 1. The molecule has 0 aliphatic carbocycles. The maximum Gasteiger partial charge on any atom is 0.342 e. The highest BCUT2D eigenvalue weighted by atomic mass is 32.1. The Morgan fingerprint density at radius 3 is 2.88 bits per heavy atom. The third-order valence-electron chi connectivity index (χ3n) is 3.66. The van der Waals surface area contributed by atoms with E-state index in [9.17, 15) is 14.9 Å². The minimum atomic E-state index is -0.573. The average molecular weight is 353 g/mol. The van der Waals surface area contributed by atoms with Gasteiger partial charge in [0, 0.05) is 17.6 Å². The monoisotopic (exact) mass is 353 g/mol. The van der Waals surface area contributed by atoms with E-state index in [4.69, 9.17) is 4.74 Å². The van der Waals surface area contributed by atoms with Crippen molar-refractivity contribution in [3.8, 4) is 6.07 Å². The number of anilines is 1. The molecular formula is C18H15N3O3S. The average Bonchev–Trinajstić information content (AvgIpc) is 3.14. The summed E-state index contributed by atoms with van der Waals surface area (Å²) >= 11 is 1.54. The van der Waals surface area contributed by atoms with Gasteiger partial charge >= 0.3 is 5.97 Å². The fraction of sp³-hybridized carbons (Fsp3) is 0.167. The number of nitrogens with one attached hydrogen (secondary N) is 1. The molecule has 0 saturated carbocycles. The number of nitrogens with zero attached hydrogens (tertiary/aromatic N) is 2. The minimum absolute atomic E-state index is 0.108. The molecule has 0 amide bonds. The number of ether oxygens (including phenoxy) is 1. The number of pyridine rings is 2. The summed E-state index contributed by atoms with van der Waals surface area (Å²) in [4.78, 5) is 26.2. The summed E-state index contributed by atoms with van der Waals surface area (Å²) in [7, 11) is 0. The topological polar surface area (TPSA) is 83.6 Å². The van der Waals surface area contributed by atoms with E-state index < -0.39 is 11.5 Å². The van der Waals surface area contributed by atoms with Crippen molar-refractivity contribution in [3.05, 3.63) is 68.3 Å². The first-order chi connectivity index (χ1) is 12.2. The number of aromatic nitrogens is 1. The molecule has 0 unspecified atom stereocenters. The van der Waals surface area contributed by atoms with Gasteiger partial charge in [0.25, 0.3) is 5.56 Å². The lowest BCUT2D eigenvalue weighted by molar-refractivity contribution is 0.0529. The van der Waals surface area contributed by atoms with Crippen LogP contribution in [0.25, 0.3) is 5.52 Å². The van der Waals surface area contributed by atoms with Crippen molar-refractivity contribution in [2.75, 3.05) is 11.9 Å². The molecule has 6 nitrogen and oxygen atoms in total. The van der Waals surface area contributed by atoms with Crippen molar-refractivity contribution >= 4 is 28.5 Å². The van der Waals surface area contributed by atoms with Crippen molar-refractivity contribution in [1.29, 1.82) is 5.26 Å². The molecule has 126 valence electrons. The van der Waals surface area contributed by atoms with E-state index in [1.807, 2.05) is 23.6 Å². The Labute approximate surface area is 147 Å². The molecule has 3 rings (SSSR count). The lowest BCUT2D eigenvalue weighted by atomic mass is 10.1. The molecule has 7 heteroatoms. The summed E-state index contributed by atoms with van der Waals surface area (Å²) in [5.74, 6) is -0.573. The van der Waals surface area contributed by atoms with Gasteiger partial charge in [-0.1, -0.05) is 12.1 Å². The normalized spacial score (nSPS) is 10.4. The highest BCUT2D eigenvalue weighted by Gasteiger charge is 2.23. The van der Waals surface area contributed by atoms with Gasteiger partial charge in [-0.2, -0.15) is 5.26 Å². The second kappa shape index (κ2) is 7.20. The SMILES string of the molecule is CCOC(=O)c1c(NCc2cccs2)c(C#N)c(=O)n2ccccc12. The molecule has 0 radical (unpaired) electrons. The highest BCUT2D eigenvalue weighted by Crippen LogP contribution is 2.25. The zero-order valence-electron chi connectivity index (χ0n) is 13.5. The van der Waals surface area contributed by atoms with Gasteiger partial charge in [-0.3, -0.25) is 9.20 Å². The third kappa shape index (κ3) is 3.12. The van der Waals surface area contributed by atoms with Crippen LogP contribution >= 0.6 is 11.3 Å². The van der Waals surface area contributed by atoms with E-state index in [1.54, 1.807) is 36.5 Å². The Morgan fingerprint density at radius 1 is 1.36 bits per heavy atom. The standard InChI is InChI=1S/C18H15N3O3S/c1-2-24-18(23)15-14-7-3-4-8-21(14)17(22)13(10-19)16(15)20-11-12-6-5-9-25-12/h3-9,20H,2,11H2,1H3. The quantitative estimate of drug-likeness (QED) is 0.713. The van der Waals surface area contributed by atoms with E-state index in [1.165, 1.54) is 10.6 Å². The number of nitriles is 1. The largest absolute Gasteiger partial charge is 0.462 e. The lowest BCUT2D eigenvalue weighted by Gasteiger charge is -2.15. The second-order valence-electron chi connectivity index (χ2n) is 5.15. The van der Waals surface area contributed by atoms with Crippen molar-refractivity contribution in [2.45, 2.75) is 13.5 Å². The summed E-state index contributed by atoms with van der Waals surface area (Å²) in [5.41, 5.74) is 0.225. The number of fused-ring (bicyclic) bond motifs is 1. The smallest absolute Gasteiger partial charge is 0.342 e. The number of carbonyl (C=O) groups is 1. The number of rotatable bonds is 5. The van der Waals surface area contributed by atoms with Gasteiger partial charge in [-0.15, -0.1) is 11.3 Å². The van der Waals surface area contributed by atoms with Gasteiger partial charge in [0.15, 0.2) is 0 Å². The molecule has 0 aliphatic heterocycles. The molecule has 1 N–H and O–H groups in total. The summed E-state index contributed by atoms with van der Waals surface area (Å²) in [6.07, 6.45) is 1.53. The Hall–Kier alpha value is -3.11. The molecule has 3 heterocycles. The molecule has 0 aromatic carbocycles. The number of thiophene rings is 1. The zero-order chi connectivity index (χ0) is 17.8. The lowest BCUT2D eigenvalue weighted by Crippen LogP contribution is -2.24. The van der Waals surface area contributed by atoms with Gasteiger partial charge in [0.2, 0.25) is 0 Å². The molecule has 0 bridgehead atoms. The van der Waals surface area contributed by atoms with Crippen LogP contribution in [-0.4, -0.2) is 17.0 Å². The Bertz CT molecular complexity index is 1020. The van der Waals surface area contributed by atoms with Gasteiger partial charge < -0.3 is 10.1 Å². The minimum Gasteiger partial charge on any atom is -0.462 e. The zero-order valence-corrected chi connectivity index (χ0v) is 14.3. The Morgan fingerprint density at radius 2 is 2.20 bits per heavy atom. The maximum absolute atomic E-state index is 12.6. The van der Waals surface area contributed by atoms with Crippen molar-refractivity contribution < 1.29 is 9.53 Å². The van der Waals surface area contributed by atoms with Crippen LogP contribution in [0.3, 0.4) is 0 Å². The summed E-state index contributed by atoms with van der Waals surface area (Å²) in [5, 5.41) is 14.5. The van der Waals surface area contributed by atoms with Crippen LogP contribution in [-0.2, 0) is 11.3 Å². The molecule has 25 heavy (non-hydrogen) atoms. The molecule has 0 aliphatic rings. The summed E-state index contributed by atoms with van der Waals surface area (Å²) < 4.78 is 6.44. The van der Waals surface area contributed by atoms with E-state index in [0.29, 0.717) is 12.1 Å². The van der Waals surface area contributed by atoms with E-state index >= 15 is 0 Å². The molecule has 0 spiro atoms. The van der Waals surface area contributed by atoms with E-state index in [-0.39, 0.29) is 23.4 Å². The fourth-order valence-electron chi connectivity index (χ4n) is 2.58. The molecule has 0 atom stereocenters.